The number of hydrogen-bond acceptors (Lipinski definition) is 2. The average Bonchev–Trinajstić information content (AvgIpc) is 2.83. The lowest BCUT2D eigenvalue weighted by molar-refractivity contribution is -0.887. The first kappa shape index (κ1) is 15.3. The van der Waals surface area contributed by atoms with Crippen LogP contribution in [-0.2, 0) is 17.8 Å². The van der Waals surface area contributed by atoms with E-state index in [0.29, 0.717) is 10.9 Å². The molecule has 2 rings (SSSR count). The van der Waals surface area contributed by atoms with Crippen molar-refractivity contribution in [2.45, 2.75) is 19.0 Å². The lowest BCUT2D eigenvalue weighted by Crippen LogP contribution is -2.51. The van der Waals surface area contributed by atoms with E-state index in [1.807, 2.05) is 50.1 Å². The third-order valence-electron chi connectivity index (χ3n) is 3.52. The Morgan fingerprint density at radius 2 is 1.95 bits per heavy atom. The molecular weight excluding hydrogens is 266 g/mol. The van der Waals surface area contributed by atoms with Gasteiger partial charge in [-0.3, -0.25) is 0 Å². The first-order valence-electron chi connectivity index (χ1n) is 6.95. The number of hydrogen-bond donors (Lipinski definition) is 1. The number of likely N-dealkylation sites (N-methyl/N-ethyl adjacent to an activating group) is 1. The molecular formula is C16H22N3O2+. The van der Waals surface area contributed by atoms with E-state index < -0.39 is 12.0 Å². The summed E-state index contributed by atoms with van der Waals surface area (Å²) in [6.07, 6.45) is 4.12. The molecule has 0 aliphatic carbocycles. The molecule has 1 aromatic carbocycles. The molecule has 5 nitrogen and oxygen atoms in total. The second kappa shape index (κ2) is 6.10. The van der Waals surface area contributed by atoms with Gasteiger partial charge in [-0.15, -0.1) is 0 Å². The number of nitrogens with zero attached hydrogens (tertiary/aromatic N) is 3. The zero-order chi connectivity index (χ0) is 15.5. The molecule has 5 heteroatoms. The summed E-state index contributed by atoms with van der Waals surface area (Å²) in [6, 6.07) is 9.62. The number of carboxylic acids is 1. The van der Waals surface area contributed by atoms with Gasteiger partial charge < -0.3 is 14.2 Å². The highest BCUT2D eigenvalue weighted by Gasteiger charge is 2.32. The van der Waals surface area contributed by atoms with Gasteiger partial charge in [0.15, 0.2) is 6.04 Å². The lowest BCUT2D eigenvalue weighted by atomic mass is 10.1. The van der Waals surface area contributed by atoms with E-state index in [1.54, 1.807) is 6.33 Å². The van der Waals surface area contributed by atoms with Gasteiger partial charge >= 0.3 is 5.97 Å². The van der Waals surface area contributed by atoms with Crippen molar-refractivity contribution in [2.24, 2.45) is 0 Å². The molecule has 112 valence electrons. The van der Waals surface area contributed by atoms with E-state index in [-0.39, 0.29) is 0 Å². The third kappa shape index (κ3) is 4.16. The maximum absolute atomic E-state index is 11.4. The fourth-order valence-corrected chi connectivity index (χ4v) is 2.28. The highest BCUT2D eigenvalue weighted by molar-refractivity contribution is 5.72. The summed E-state index contributed by atoms with van der Waals surface area (Å²) in [5.41, 5.74) is 2.01. The average molecular weight is 288 g/mol. The molecule has 0 bridgehead atoms. The number of carbonyl (C=O) groups is 1. The van der Waals surface area contributed by atoms with Gasteiger partial charge in [0, 0.05) is 12.7 Å². The molecule has 1 atom stereocenters. The molecule has 0 unspecified atom stereocenters. The number of aliphatic carboxylic acids is 1. The summed E-state index contributed by atoms with van der Waals surface area (Å²) in [6.45, 7) is 0.746. The third-order valence-corrected chi connectivity index (χ3v) is 3.52. The van der Waals surface area contributed by atoms with E-state index in [9.17, 15) is 9.90 Å². The minimum atomic E-state index is -0.792. The van der Waals surface area contributed by atoms with Crippen LogP contribution >= 0.6 is 0 Å². The second-order valence-electron chi connectivity index (χ2n) is 6.20. The largest absolute Gasteiger partial charge is 0.477 e. The fraction of sp³-hybridized carbons (Fsp3) is 0.375. The van der Waals surface area contributed by atoms with Crippen molar-refractivity contribution in [3.63, 3.8) is 0 Å². The normalized spacial score (nSPS) is 13.1. The number of aromatic nitrogens is 2. The zero-order valence-electron chi connectivity index (χ0n) is 12.7. The van der Waals surface area contributed by atoms with Crippen LogP contribution < -0.4 is 0 Å². The van der Waals surface area contributed by atoms with Gasteiger partial charge in [-0.05, 0) is 5.56 Å². The molecule has 0 spiro atoms. The van der Waals surface area contributed by atoms with Crippen LogP contribution in [0.15, 0.2) is 42.9 Å². The van der Waals surface area contributed by atoms with Gasteiger partial charge in [0.05, 0.1) is 39.6 Å². The summed E-state index contributed by atoms with van der Waals surface area (Å²) in [7, 11) is 5.67. The Hall–Kier alpha value is -2.14. The number of carboxylic acid groups (broad SMARTS) is 1. The van der Waals surface area contributed by atoms with Gasteiger partial charge in [0.1, 0.15) is 0 Å². The van der Waals surface area contributed by atoms with Crippen LogP contribution in [0.3, 0.4) is 0 Å². The van der Waals surface area contributed by atoms with E-state index in [0.717, 1.165) is 12.2 Å². The Bertz CT molecular complexity index is 599. The summed E-state index contributed by atoms with van der Waals surface area (Å²) in [4.78, 5) is 15.7. The van der Waals surface area contributed by atoms with Crippen molar-refractivity contribution >= 4 is 5.97 Å². The van der Waals surface area contributed by atoms with Gasteiger partial charge in [0.2, 0.25) is 0 Å². The van der Waals surface area contributed by atoms with Crippen LogP contribution in [-0.4, -0.2) is 52.3 Å². The maximum atomic E-state index is 11.4. The van der Waals surface area contributed by atoms with E-state index in [2.05, 4.69) is 17.1 Å². The van der Waals surface area contributed by atoms with Crippen molar-refractivity contribution < 1.29 is 14.4 Å². The van der Waals surface area contributed by atoms with Crippen LogP contribution in [0.4, 0.5) is 0 Å². The molecule has 1 heterocycles. The predicted molar refractivity (Wildman–Crippen MR) is 80.9 cm³/mol. The minimum Gasteiger partial charge on any atom is -0.477 e. The Kier molecular flexibility index (Phi) is 4.43. The quantitative estimate of drug-likeness (QED) is 0.822. The highest BCUT2D eigenvalue weighted by Crippen LogP contribution is 2.11. The van der Waals surface area contributed by atoms with Crippen LogP contribution in [0.25, 0.3) is 0 Å². The highest BCUT2D eigenvalue weighted by atomic mass is 16.4. The standard InChI is InChI=1S/C16H21N3O2/c1-19(2,3)15(16(20)21)9-14-11-18(12-17-14)10-13-7-5-4-6-8-13/h4-8,11-12,15H,9-10H2,1-3H3/p+1/t15-/m0/s1. The molecule has 21 heavy (non-hydrogen) atoms. The first-order chi connectivity index (χ1) is 9.86. The predicted octanol–water partition coefficient (Wildman–Crippen LogP) is 1.63. The van der Waals surface area contributed by atoms with Gasteiger partial charge in [-0.2, -0.15) is 0 Å². The van der Waals surface area contributed by atoms with Crippen molar-refractivity contribution in [1.82, 2.24) is 9.55 Å². The molecule has 0 saturated carbocycles. The molecule has 0 fully saturated rings. The van der Waals surface area contributed by atoms with Gasteiger partial charge in [0.25, 0.3) is 0 Å². The monoisotopic (exact) mass is 288 g/mol. The number of rotatable bonds is 6. The zero-order valence-corrected chi connectivity index (χ0v) is 12.7. The molecule has 0 aliphatic heterocycles. The molecule has 2 aromatic rings. The lowest BCUT2D eigenvalue weighted by Gasteiger charge is -2.30. The summed E-state index contributed by atoms with van der Waals surface area (Å²) in [5, 5.41) is 9.36. The number of quaternary nitrogens is 1. The molecule has 1 aromatic heterocycles. The second-order valence-corrected chi connectivity index (χ2v) is 6.20. The number of imidazole rings is 1. The summed E-state index contributed by atoms with van der Waals surface area (Å²) < 4.78 is 2.36. The molecule has 0 amide bonds. The Morgan fingerprint density at radius 1 is 1.29 bits per heavy atom. The van der Waals surface area contributed by atoms with Crippen LogP contribution in [0.2, 0.25) is 0 Å². The Morgan fingerprint density at radius 3 is 2.52 bits per heavy atom. The first-order valence-corrected chi connectivity index (χ1v) is 6.95. The van der Waals surface area contributed by atoms with Crippen LogP contribution in [0.1, 0.15) is 11.3 Å². The Balaban J connectivity index is 2.08. The maximum Gasteiger partial charge on any atom is 0.362 e. The van der Waals surface area contributed by atoms with Crippen molar-refractivity contribution in [2.75, 3.05) is 21.1 Å². The minimum absolute atomic E-state index is 0.376. The SMILES string of the molecule is C[N+](C)(C)[C@@H](Cc1cn(Cc2ccccc2)cn1)C(=O)O. The number of benzene rings is 1. The molecule has 0 saturated heterocycles. The summed E-state index contributed by atoms with van der Waals surface area (Å²) >= 11 is 0. The van der Waals surface area contributed by atoms with Crippen molar-refractivity contribution in [1.29, 1.82) is 0 Å². The topological polar surface area (TPSA) is 55.1 Å². The summed E-state index contributed by atoms with van der Waals surface area (Å²) in [5.74, 6) is -0.792. The van der Waals surface area contributed by atoms with E-state index in [1.165, 1.54) is 5.56 Å². The van der Waals surface area contributed by atoms with Gasteiger partial charge in [-0.1, -0.05) is 30.3 Å². The van der Waals surface area contributed by atoms with E-state index >= 15 is 0 Å². The smallest absolute Gasteiger partial charge is 0.362 e. The molecule has 0 radical (unpaired) electrons. The Labute approximate surface area is 125 Å². The van der Waals surface area contributed by atoms with Crippen molar-refractivity contribution in [3.8, 4) is 0 Å². The van der Waals surface area contributed by atoms with Gasteiger partial charge in [-0.25, -0.2) is 9.78 Å². The van der Waals surface area contributed by atoms with E-state index in [4.69, 9.17) is 0 Å². The molecule has 1 N–H and O–H groups in total. The van der Waals surface area contributed by atoms with Crippen molar-refractivity contribution in [3.05, 3.63) is 54.1 Å². The molecule has 0 aliphatic rings. The fourth-order valence-electron chi connectivity index (χ4n) is 2.28. The van der Waals surface area contributed by atoms with Crippen LogP contribution in [0.5, 0.6) is 0 Å². The van der Waals surface area contributed by atoms with Crippen LogP contribution in [0, 0.1) is 0 Å².